The average molecular weight is 154 g/mol. The summed E-state index contributed by atoms with van der Waals surface area (Å²) in [6, 6.07) is 0. The van der Waals surface area contributed by atoms with Crippen molar-refractivity contribution in [1.29, 1.82) is 0 Å². The first-order chi connectivity index (χ1) is 5.33. The SMILES string of the molecule is CC(CO)C(C1CC1)C1CC1. The van der Waals surface area contributed by atoms with E-state index in [1.807, 2.05) is 0 Å². The molecule has 1 atom stereocenters. The highest BCUT2D eigenvalue weighted by Gasteiger charge is 2.43. The van der Waals surface area contributed by atoms with Crippen LogP contribution in [0.2, 0.25) is 0 Å². The van der Waals surface area contributed by atoms with Gasteiger partial charge in [-0.3, -0.25) is 0 Å². The molecule has 1 N–H and O–H groups in total. The third-order valence-corrected chi connectivity index (χ3v) is 3.28. The minimum Gasteiger partial charge on any atom is -0.396 e. The number of hydrogen-bond donors (Lipinski definition) is 1. The lowest BCUT2D eigenvalue weighted by molar-refractivity contribution is 0.161. The summed E-state index contributed by atoms with van der Waals surface area (Å²) < 4.78 is 0. The molecule has 0 spiro atoms. The summed E-state index contributed by atoms with van der Waals surface area (Å²) in [6.07, 6.45) is 5.74. The van der Waals surface area contributed by atoms with Gasteiger partial charge in [0, 0.05) is 6.61 Å². The van der Waals surface area contributed by atoms with Crippen LogP contribution in [-0.2, 0) is 0 Å². The molecule has 2 fully saturated rings. The van der Waals surface area contributed by atoms with E-state index in [9.17, 15) is 0 Å². The lowest BCUT2D eigenvalue weighted by atomic mass is 9.86. The Labute approximate surface area is 68.8 Å². The lowest BCUT2D eigenvalue weighted by Gasteiger charge is -2.21. The minimum absolute atomic E-state index is 0.400. The zero-order valence-corrected chi connectivity index (χ0v) is 7.29. The topological polar surface area (TPSA) is 20.2 Å². The molecule has 0 saturated heterocycles. The fourth-order valence-electron chi connectivity index (χ4n) is 2.40. The molecular weight excluding hydrogens is 136 g/mol. The maximum absolute atomic E-state index is 9.06. The van der Waals surface area contributed by atoms with Gasteiger partial charge in [0.15, 0.2) is 0 Å². The van der Waals surface area contributed by atoms with Crippen LogP contribution in [0.25, 0.3) is 0 Å². The molecule has 0 aromatic carbocycles. The monoisotopic (exact) mass is 154 g/mol. The van der Waals surface area contributed by atoms with E-state index in [1.54, 1.807) is 0 Å². The van der Waals surface area contributed by atoms with E-state index in [0.717, 1.165) is 17.8 Å². The van der Waals surface area contributed by atoms with E-state index in [2.05, 4.69) is 6.92 Å². The fourth-order valence-corrected chi connectivity index (χ4v) is 2.40. The Balaban J connectivity index is 1.90. The summed E-state index contributed by atoms with van der Waals surface area (Å²) in [4.78, 5) is 0. The van der Waals surface area contributed by atoms with Crippen molar-refractivity contribution in [3.63, 3.8) is 0 Å². The van der Waals surface area contributed by atoms with Crippen molar-refractivity contribution in [3.05, 3.63) is 0 Å². The predicted octanol–water partition coefficient (Wildman–Crippen LogP) is 2.05. The maximum Gasteiger partial charge on any atom is 0.0459 e. The van der Waals surface area contributed by atoms with Crippen LogP contribution in [0.5, 0.6) is 0 Å². The first-order valence-corrected chi connectivity index (χ1v) is 4.93. The molecule has 0 aromatic heterocycles. The highest BCUT2D eigenvalue weighted by atomic mass is 16.3. The van der Waals surface area contributed by atoms with Crippen LogP contribution < -0.4 is 0 Å². The Morgan fingerprint density at radius 1 is 1.18 bits per heavy atom. The molecule has 0 heterocycles. The molecule has 2 saturated carbocycles. The highest BCUT2D eigenvalue weighted by Crippen LogP contribution is 2.52. The van der Waals surface area contributed by atoms with Crippen LogP contribution in [0.15, 0.2) is 0 Å². The van der Waals surface area contributed by atoms with E-state index in [0.29, 0.717) is 12.5 Å². The summed E-state index contributed by atoms with van der Waals surface area (Å²) in [5.74, 6) is 3.42. The molecular formula is C10H18O. The van der Waals surface area contributed by atoms with E-state index in [-0.39, 0.29) is 0 Å². The minimum atomic E-state index is 0.400. The molecule has 0 radical (unpaired) electrons. The van der Waals surface area contributed by atoms with Crippen LogP contribution in [0.1, 0.15) is 32.6 Å². The molecule has 0 amide bonds. The zero-order chi connectivity index (χ0) is 7.84. The second-order valence-electron chi connectivity index (χ2n) is 4.41. The molecule has 11 heavy (non-hydrogen) atoms. The van der Waals surface area contributed by atoms with Gasteiger partial charge in [-0.05, 0) is 49.4 Å². The van der Waals surface area contributed by atoms with Gasteiger partial charge < -0.3 is 5.11 Å². The number of aliphatic hydroxyl groups excluding tert-OH is 1. The molecule has 0 bridgehead atoms. The van der Waals surface area contributed by atoms with E-state index in [1.165, 1.54) is 25.7 Å². The Bertz CT molecular complexity index is 124. The van der Waals surface area contributed by atoms with Gasteiger partial charge in [0.05, 0.1) is 0 Å². The molecule has 64 valence electrons. The largest absolute Gasteiger partial charge is 0.396 e. The lowest BCUT2D eigenvalue weighted by Crippen LogP contribution is -2.19. The predicted molar refractivity (Wildman–Crippen MR) is 45.2 cm³/mol. The third kappa shape index (κ3) is 1.58. The molecule has 1 unspecified atom stereocenters. The summed E-state index contributed by atoms with van der Waals surface area (Å²) in [6.45, 7) is 2.61. The highest BCUT2D eigenvalue weighted by molar-refractivity contribution is 4.93. The van der Waals surface area contributed by atoms with Gasteiger partial charge in [-0.15, -0.1) is 0 Å². The third-order valence-electron chi connectivity index (χ3n) is 3.28. The Morgan fingerprint density at radius 3 is 1.91 bits per heavy atom. The van der Waals surface area contributed by atoms with Crippen molar-refractivity contribution in [2.45, 2.75) is 32.6 Å². The van der Waals surface area contributed by atoms with Crippen LogP contribution in [0.4, 0.5) is 0 Å². The Morgan fingerprint density at radius 2 is 1.64 bits per heavy atom. The molecule has 0 aliphatic heterocycles. The van der Waals surface area contributed by atoms with Crippen molar-refractivity contribution < 1.29 is 5.11 Å². The number of aliphatic hydroxyl groups is 1. The summed E-state index contributed by atoms with van der Waals surface area (Å²) in [5.41, 5.74) is 0. The normalized spacial score (nSPS) is 27.5. The molecule has 1 nitrogen and oxygen atoms in total. The van der Waals surface area contributed by atoms with E-state index in [4.69, 9.17) is 5.11 Å². The summed E-state index contributed by atoms with van der Waals surface area (Å²) in [7, 11) is 0. The van der Waals surface area contributed by atoms with Crippen molar-refractivity contribution in [2.24, 2.45) is 23.7 Å². The van der Waals surface area contributed by atoms with Gasteiger partial charge in [-0.2, -0.15) is 0 Å². The molecule has 1 heteroatoms. The molecule has 2 aliphatic rings. The van der Waals surface area contributed by atoms with Gasteiger partial charge >= 0.3 is 0 Å². The van der Waals surface area contributed by atoms with Crippen molar-refractivity contribution >= 4 is 0 Å². The quantitative estimate of drug-likeness (QED) is 0.657. The van der Waals surface area contributed by atoms with Crippen LogP contribution in [0, 0.1) is 23.7 Å². The second-order valence-corrected chi connectivity index (χ2v) is 4.41. The van der Waals surface area contributed by atoms with E-state index < -0.39 is 0 Å². The van der Waals surface area contributed by atoms with Gasteiger partial charge in [0.1, 0.15) is 0 Å². The first-order valence-electron chi connectivity index (χ1n) is 4.93. The Hall–Kier alpha value is -0.0400. The van der Waals surface area contributed by atoms with Gasteiger partial charge in [-0.1, -0.05) is 6.92 Å². The van der Waals surface area contributed by atoms with Crippen molar-refractivity contribution in [2.75, 3.05) is 6.61 Å². The van der Waals surface area contributed by atoms with E-state index >= 15 is 0 Å². The fraction of sp³-hybridized carbons (Fsp3) is 1.00. The average Bonchev–Trinajstić information content (AvgIpc) is 2.81. The zero-order valence-electron chi connectivity index (χ0n) is 7.29. The smallest absolute Gasteiger partial charge is 0.0459 e. The maximum atomic E-state index is 9.06. The summed E-state index contributed by atoms with van der Waals surface area (Å²) >= 11 is 0. The molecule has 2 rings (SSSR count). The van der Waals surface area contributed by atoms with Crippen molar-refractivity contribution in [3.8, 4) is 0 Å². The van der Waals surface area contributed by atoms with Gasteiger partial charge in [0.2, 0.25) is 0 Å². The van der Waals surface area contributed by atoms with Crippen LogP contribution >= 0.6 is 0 Å². The van der Waals surface area contributed by atoms with Crippen molar-refractivity contribution in [1.82, 2.24) is 0 Å². The molecule has 2 aliphatic carbocycles. The Kier molecular flexibility index (Phi) is 1.92. The number of rotatable bonds is 4. The molecule has 0 aromatic rings. The first kappa shape index (κ1) is 7.60. The van der Waals surface area contributed by atoms with Crippen LogP contribution in [-0.4, -0.2) is 11.7 Å². The van der Waals surface area contributed by atoms with Crippen LogP contribution in [0.3, 0.4) is 0 Å². The van der Waals surface area contributed by atoms with Gasteiger partial charge in [0.25, 0.3) is 0 Å². The number of hydrogen-bond acceptors (Lipinski definition) is 1. The standard InChI is InChI=1S/C10H18O/c1-7(6-11)10(8-2-3-8)9-4-5-9/h7-11H,2-6H2,1H3. The summed E-state index contributed by atoms with van der Waals surface area (Å²) in [5, 5.41) is 9.06. The second kappa shape index (κ2) is 2.78. The van der Waals surface area contributed by atoms with Gasteiger partial charge in [-0.25, -0.2) is 0 Å².